The number of halogens is 1. The SMILES string of the molecule is C#CCCCCCc1cn(C(=O)OC(C)(C)C)c(N)n1.CCCCCCCCC=CCCCCCCCC(=O)CCCn1cc(CCCCCc2cnc(N)[nH]2)nn1.CCCCCCCCC=CCCCCCCCC(=O)NCCN=[N+]=[N-].Cl. The van der Waals surface area contributed by atoms with Crippen molar-refractivity contribution in [1.82, 2.24) is 39.8 Å². The molecule has 84 heavy (non-hydrogen) atoms. The fourth-order valence-electron chi connectivity index (χ4n) is 9.29. The van der Waals surface area contributed by atoms with Gasteiger partial charge in [0.2, 0.25) is 11.9 Å². The predicted molar refractivity (Wildman–Crippen MR) is 351 cm³/mol. The normalized spacial score (nSPS) is 11.1. The van der Waals surface area contributed by atoms with Gasteiger partial charge in [-0.3, -0.25) is 14.3 Å². The molecular formula is C66H116ClN13O4. The van der Waals surface area contributed by atoms with Crippen molar-refractivity contribution in [2.45, 2.75) is 304 Å². The number of nitrogens with one attached hydrogen (secondary N) is 2. The second kappa shape index (κ2) is 55.3. The number of amides is 1. The van der Waals surface area contributed by atoms with Crippen molar-refractivity contribution in [1.29, 1.82) is 0 Å². The van der Waals surface area contributed by atoms with Crippen LogP contribution in [0.25, 0.3) is 10.4 Å². The number of hydrogen-bond acceptors (Lipinski definition) is 11. The minimum absolute atomic E-state index is 0. The number of carbonyl (C=O) groups is 3. The Morgan fingerprint density at radius 1 is 0.690 bits per heavy atom. The Hall–Kier alpha value is -5.59. The summed E-state index contributed by atoms with van der Waals surface area (Å²) in [4.78, 5) is 49.5. The van der Waals surface area contributed by atoms with Crippen molar-refractivity contribution in [2.75, 3.05) is 24.6 Å². The minimum Gasteiger partial charge on any atom is -0.443 e. The standard InChI is InChI=1S/C31H54N6O.C20H38N4O.C15H23N3O2.ClH/c1-2-3-4-5-6-7-8-9-10-11-12-13-14-15-19-23-30(38)24-20-25-37-27-29(35-36-37)22-18-16-17-21-28-26-33-31(32)34-28;1-2-3-4-5-6-7-8-9-10-11-12-13-14-15-16-17-20(25)22-18-19-23-24-21;1-5-6-7-8-9-10-12-11-18(13(16)17-12)14(19)20-15(2,3)4;/h9-10,26-27H,2-8,11-25H2,1H3,(H3,32,33,34);9-10H,2-8,11-19H2,1H3,(H,22,25);1,11H,6-10H2,2-4H3,(H2,16,17);1H. The molecule has 0 atom stereocenters. The third kappa shape index (κ3) is 48.7. The van der Waals surface area contributed by atoms with Crippen LogP contribution in [-0.2, 0) is 40.1 Å². The molecule has 0 aliphatic rings. The van der Waals surface area contributed by atoms with E-state index in [4.69, 9.17) is 28.2 Å². The zero-order chi connectivity index (χ0) is 60.7. The summed E-state index contributed by atoms with van der Waals surface area (Å²) in [6, 6.07) is 0. The highest BCUT2D eigenvalue weighted by molar-refractivity contribution is 5.85. The van der Waals surface area contributed by atoms with Crippen molar-refractivity contribution in [2.24, 2.45) is 5.11 Å². The molecular weight excluding hydrogens is 1070 g/mol. The quantitative estimate of drug-likeness (QED) is 0.0104. The summed E-state index contributed by atoms with van der Waals surface area (Å²) in [7, 11) is 0. The van der Waals surface area contributed by atoms with Gasteiger partial charge in [0.25, 0.3) is 0 Å². The number of nitrogens with two attached hydrogens (primary N) is 2. The van der Waals surface area contributed by atoms with E-state index in [-0.39, 0.29) is 24.3 Å². The van der Waals surface area contributed by atoms with Crippen LogP contribution in [-0.4, -0.2) is 71.0 Å². The van der Waals surface area contributed by atoms with E-state index in [1.54, 1.807) is 6.20 Å². The maximum Gasteiger partial charge on any atom is 0.421 e. The molecule has 476 valence electrons. The van der Waals surface area contributed by atoms with Crippen molar-refractivity contribution in [3.8, 4) is 12.3 Å². The molecule has 0 unspecified atom stereocenters. The van der Waals surface area contributed by atoms with E-state index in [2.05, 4.69) is 84.7 Å². The van der Waals surface area contributed by atoms with Crippen LogP contribution in [0.5, 0.6) is 0 Å². The van der Waals surface area contributed by atoms with Crippen LogP contribution < -0.4 is 16.8 Å². The van der Waals surface area contributed by atoms with Gasteiger partial charge >= 0.3 is 6.09 Å². The molecule has 0 aliphatic heterocycles. The van der Waals surface area contributed by atoms with Crippen LogP contribution in [0.15, 0.2) is 48.0 Å². The number of hydrogen-bond donors (Lipinski definition) is 4. The number of nitrogen functional groups attached to an aromatic ring is 2. The number of nitrogens with zero attached hydrogens (tertiary/aromatic N) is 9. The summed E-state index contributed by atoms with van der Waals surface area (Å²) in [5, 5.41) is 14.7. The second-order valence-corrected chi connectivity index (χ2v) is 23.1. The molecule has 0 spiro atoms. The molecule has 18 heteroatoms. The number of azide groups is 1. The number of ether oxygens (including phenoxy) is 1. The van der Waals surface area contributed by atoms with Crippen molar-refractivity contribution >= 4 is 42.1 Å². The minimum atomic E-state index is -0.552. The summed E-state index contributed by atoms with van der Waals surface area (Å²) in [6.07, 6.45) is 65.4. The van der Waals surface area contributed by atoms with E-state index in [0.717, 1.165) is 120 Å². The molecule has 3 heterocycles. The number of rotatable bonds is 48. The Balaban J connectivity index is 0.00000130. The lowest BCUT2D eigenvalue weighted by Gasteiger charge is -2.19. The second-order valence-electron chi connectivity index (χ2n) is 23.1. The first kappa shape index (κ1) is 78.4. The Morgan fingerprint density at radius 3 is 1.73 bits per heavy atom. The van der Waals surface area contributed by atoms with Gasteiger partial charge in [-0.1, -0.05) is 164 Å². The Labute approximate surface area is 514 Å². The van der Waals surface area contributed by atoms with Crippen molar-refractivity contribution < 1.29 is 19.1 Å². The largest absolute Gasteiger partial charge is 0.443 e. The van der Waals surface area contributed by atoms with E-state index in [1.165, 1.54) is 152 Å². The highest BCUT2D eigenvalue weighted by Gasteiger charge is 2.20. The highest BCUT2D eigenvalue weighted by Crippen LogP contribution is 2.17. The number of aromatic amines is 1. The third-order valence-corrected chi connectivity index (χ3v) is 14.1. The van der Waals surface area contributed by atoms with Gasteiger partial charge in [-0.2, -0.15) is 0 Å². The molecule has 0 radical (unpaired) electrons. The number of aromatic nitrogens is 7. The molecule has 17 nitrogen and oxygen atoms in total. The fourth-order valence-corrected chi connectivity index (χ4v) is 9.29. The predicted octanol–water partition coefficient (Wildman–Crippen LogP) is 17.8. The molecule has 3 rings (SSSR count). The van der Waals surface area contributed by atoms with Gasteiger partial charge in [-0.05, 0) is 142 Å². The Morgan fingerprint density at radius 2 is 1.19 bits per heavy atom. The maximum atomic E-state index is 12.2. The fraction of sp³-hybridized carbons (Fsp3) is 0.742. The zero-order valence-electron chi connectivity index (χ0n) is 53.2. The molecule has 0 fully saturated rings. The average molecular weight is 1190 g/mol. The van der Waals surface area contributed by atoms with E-state index in [0.29, 0.717) is 37.7 Å². The van der Waals surface area contributed by atoms with Gasteiger partial charge in [-0.25, -0.2) is 19.3 Å². The molecule has 0 aliphatic carbocycles. The molecule has 1 amide bonds. The van der Waals surface area contributed by atoms with E-state index < -0.39 is 11.7 Å². The summed E-state index contributed by atoms with van der Waals surface area (Å²) < 4.78 is 8.40. The average Bonchev–Trinajstić information content (AvgIpc) is 4.35. The molecule has 0 saturated heterocycles. The van der Waals surface area contributed by atoms with Crippen LogP contribution in [0, 0.1) is 12.3 Å². The lowest BCUT2D eigenvalue weighted by Crippen LogP contribution is -2.27. The lowest BCUT2D eigenvalue weighted by atomic mass is 10.0. The summed E-state index contributed by atoms with van der Waals surface area (Å²) in [5.74, 6) is 3.72. The maximum absolute atomic E-state index is 12.2. The number of anilines is 2. The number of ketones is 1. The van der Waals surface area contributed by atoms with Gasteiger partial charge in [0.05, 0.1) is 17.6 Å². The van der Waals surface area contributed by atoms with Crippen molar-refractivity contribution in [3.05, 3.63) is 70.4 Å². The number of Topliss-reactive ketones (excluding diaryl/α,β-unsaturated/α-hetero) is 1. The summed E-state index contributed by atoms with van der Waals surface area (Å²) >= 11 is 0. The monoisotopic (exact) mass is 1190 g/mol. The number of allylic oxidation sites excluding steroid dienone is 4. The molecule has 0 bridgehead atoms. The van der Waals surface area contributed by atoms with E-state index in [9.17, 15) is 14.4 Å². The molecule has 3 aromatic rings. The first-order valence-electron chi connectivity index (χ1n) is 32.6. The van der Waals surface area contributed by atoms with E-state index in [1.807, 2.05) is 37.8 Å². The smallest absolute Gasteiger partial charge is 0.421 e. The Kier molecular flexibility index (Phi) is 51.6. The number of terminal acetylenes is 1. The number of unbranched alkanes of at least 4 members (excludes halogenated alkanes) is 27. The summed E-state index contributed by atoms with van der Waals surface area (Å²) in [5.41, 5.74) is 21.8. The van der Waals surface area contributed by atoms with Gasteiger partial charge in [0.15, 0.2) is 5.95 Å². The van der Waals surface area contributed by atoms with Crippen LogP contribution in [0.1, 0.15) is 289 Å². The lowest BCUT2D eigenvalue weighted by molar-refractivity contribution is -0.121. The van der Waals surface area contributed by atoms with Gasteiger partial charge in [-0.15, -0.1) is 29.8 Å². The molecule has 3 aromatic heterocycles. The third-order valence-electron chi connectivity index (χ3n) is 14.1. The zero-order valence-corrected chi connectivity index (χ0v) is 54.1. The van der Waals surface area contributed by atoms with Gasteiger partial charge < -0.3 is 26.5 Å². The van der Waals surface area contributed by atoms with E-state index >= 15 is 0 Å². The van der Waals surface area contributed by atoms with Crippen LogP contribution in [0.4, 0.5) is 16.7 Å². The number of imidazole rings is 2. The highest BCUT2D eigenvalue weighted by atomic mass is 35.5. The van der Waals surface area contributed by atoms with Crippen molar-refractivity contribution in [3.63, 3.8) is 0 Å². The number of carbonyl (C=O) groups excluding carboxylic acids is 3. The van der Waals surface area contributed by atoms with Crippen LogP contribution in [0.2, 0.25) is 0 Å². The first-order valence-corrected chi connectivity index (χ1v) is 32.6. The molecule has 0 aromatic carbocycles. The molecule has 0 saturated carbocycles. The summed E-state index contributed by atoms with van der Waals surface area (Å²) in [6.45, 7) is 11.5. The van der Waals surface area contributed by atoms with Gasteiger partial charge in [0, 0.05) is 68.3 Å². The topological polar surface area (TPSA) is 250 Å². The number of aryl methyl sites for hydroxylation is 4. The molecule has 6 N–H and O–H groups in total. The first-order chi connectivity index (χ1) is 40.3. The van der Waals surface area contributed by atoms with Crippen LogP contribution >= 0.6 is 12.4 Å². The van der Waals surface area contributed by atoms with Gasteiger partial charge in [0.1, 0.15) is 11.4 Å². The van der Waals surface area contributed by atoms with Crippen LogP contribution in [0.3, 0.4) is 0 Å². The Bertz CT molecular complexity index is 2220. The number of H-pyrrole nitrogens is 1.